The molecule has 1 fully saturated rings. The number of nitrogens with one attached hydrogen (secondary N) is 3. The van der Waals surface area contributed by atoms with Crippen LogP contribution in [-0.4, -0.2) is 12.4 Å². The van der Waals surface area contributed by atoms with E-state index in [0.29, 0.717) is 0 Å². The molecule has 0 aliphatic carbocycles. The Morgan fingerprint density at radius 2 is 1.75 bits per heavy atom. The summed E-state index contributed by atoms with van der Waals surface area (Å²) in [6, 6.07) is 32.8. The van der Waals surface area contributed by atoms with Crippen molar-refractivity contribution in [3.63, 3.8) is 0 Å². The van der Waals surface area contributed by atoms with Gasteiger partial charge in [-0.05, 0) is 114 Å². The third-order valence-electron chi connectivity index (χ3n) is 9.67. The van der Waals surface area contributed by atoms with Gasteiger partial charge >= 0.3 is 0 Å². The van der Waals surface area contributed by atoms with Crippen molar-refractivity contribution in [2.45, 2.75) is 64.8 Å². The molecule has 4 aromatic carbocycles. The Labute approximate surface area is 286 Å². The smallest absolute Gasteiger partial charge is 0.123 e. The largest absolute Gasteiger partial charge is 0.388 e. The van der Waals surface area contributed by atoms with Crippen LogP contribution in [0, 0.1) is 12.3 Å². The molecule has 48 heavy (non-hydrogen) atoms. The molecule has 0 saturated carbocycles. The van der Waals surface area contributed by atoms with Gasteiger partial charge in [0.2, 0.25) is 0 Å². The maximum Gasteiger partial charge on any atom is 0.123 e. The van der Waals surface area contributed by atoms with Gasteiger partial charge in [0.1, 0.15) is 5.84 Å². The maximum absolute atomic E-state index is 8.51. The zero-order chi connectivity index (χ0) is 33.3. The van der Waals surface area contributed by atoms with Crippen molar-refractivity contribution < 1.29 is 0 Å². The van der Waals surface area contributed by atoms with Crippen molar-refractivity contribution in [1.29, 1.82) is 5.41 Å². The number of benzene rings is 4. The van der Waals surface area contributed by atoms with Gasteiger partial charge in [-0.2, -0.15) is 0 Å². The van der Waals surface area contributed by atoms with E-state index >= 15 is 0 Å². The number of hydrogen-bond donors (Lipinski definition) is 4. The van der Waals surface area contributed by atoms with E-state index in [0.717, 1.165) is 61.8 Å². The molecule has 4 aromatic rings. The SMILES string of the molecule is CCC(=CC=C1CCCN1)C=C(C(=N)N)c1ccccc1Cc1cccc(C2CCc3ccc(/C=C\Cc4ccccc4)c(C)c3N2)c1. The van der Waals surface area contributed by atoms with Crippen LogP contribution in [-0.2, 0) is 19.3 Å². The van der Waals surface area contributed by atoms with E-state index in [2.05, 4.69) is 140 Å². The first-order valence-corrected chi connectivity index (χ1v) is 17.4. The van der Waals surface area contributed by atoms with Crippen LogP contribution in [0.5, 0.6) is 0 Å². The molecule has 6 rings (SSSR count). The highest BCUT2D eigenvalue weighted by atomic mass is 14.9. The summed E-state index contributed by atoms with van der Waals surface area (Å²) in [5.74, 6) is 0.0944. The summed E-state index contributed by atoms with van der Waals surface area (Å²) >= 11 is 0. The van der Waals surface area contributed by atoms with Crippen molar-refractivity contribution in [2.75, 3.05) is 11.9 Å². The molecule has 5 N–H and O–H groups in total. The van der Waals surface area contributed by atoms with E-state index in [1.165, 1.54) is 56.7 Å². The average molecular weight is 633 g/mol. The molecule has 0 spiro atoms. The molecule has 0 aromatic heterocycles. The molecule has 0 bridgehead atoms. The lowest BCUT2D eigenvalue weighted by Gasteiger charge is -2.30. The van der Waals surface area contributed by atoms with Crippen LogP contribution < -0.4 is 16.4 Å². The van der Waals surface area contributed by atoms with Gasteiger partial charge in [-0.1, -0.05) is 116 Å². The zero-order valence-corrected chi connectivity index (χ0v) is 28.4. The highest BCUT2D eigenvalue weighted by Gasteiger charge is 2.22. The van der Waals surface area contributed by atoms with Crippen LogP contribution >= 0.6 is 0 Å². The monoisotopic (exact) mass is 632 g/mol. The van der Waals surface area contributed by atoms with E-state index in [4.69, 9.17) is 11.1 Å². The summed E-state index contributed by atoms with van der Waals surface area (Å²) in [6.45, 7) is 5.44. The van der Waals surface area contributed by atoms with Gasteiger partial charge in [0, 0.05) is 23.5 Å². The van der Waals surface area contributed by atoms with Crippen molar-refractivity contribution in [3.8, 4) is 0 Å². The number of allylic oxidation sites excluding steroid dienone is 6. The molecule has 0 radical (unpaired) electrons. The van der Waals surface area contributed by atoms with Crippen molar-refractivity contribution in [2.24, 2.45) is 5.73 Å². The Bertz CT molecular complexity index is 1870. The summed E-state index contributed by atoms with van der Waals surface area (Å²) in [6.07, 6.45) is 17.9. The summed E-state index contributed by atoms with van der Waals surface area (Å²) in [4.78, 5) is 0. The van der Waals surface area contributed by atoms with E-state index < -0.39 is 0 Å². The Hall–Kier alpha value is -5.09. The quantitative estimate of drug-likeness (QED) is 0.0755. The number of fused-ring (bicyclic) bond motifs is 1. The minimum Gasteiger partial charge on any atom is -0.388 e. The normalized spacial score (nSPS) is 17.3. The molecule has 1 unspecified atom stereocenters. The standard InChI is InChI=1S/C44H48N4/c1-3-32(21-25-39-19-11-27-47-39)30-41(44(45)46)40-20-8-7-16-37(40)28-34-15-10-18-38(29-34)42-26-24-36-23-22-35(31(2)43(36)48-42)17-9-14-33-12-5-4-6-13-33/h4-10,12-13,15-18,20-23,25,29-30,42,47-48H,3,11,14,19,24,26-28H2,1-2H3,(H3,45,46)/b17-9-,32-21?,39-25?,41-30?. The lowest BCUT2D eigenvalue weighted by molar-refractivity contribution is 0.665. The summed E-state index contributed by atoms with van der Waals surface area (Å²) in [5.41, 5.74) is 20.8. The second-order valence-corrected chi connectivity index (χ2v) is 13.0. The van der Waals surface area contributed by atoms with E-state index in [1.807, 2.05) is 6.07 Å². The predicted molar refractivity (Wildman–Crippen MR) is 204 cm³/mol. The molecule has 2 heterocycles. The second-order valence-electron chi connectivity index (χ2n) is 13.0. The van der Waals surface area contributed by atoms with Crippen LogP contribution in [0.3, 0.4) is 0 Å². The lowest BCUT2D eigenvalue weighted by atomic mass is 9.88. The molecule has 244 valence electrons. The van der Waals surface area contributed by atoms with Crippen LogP contribution in [0.15, 0.2) is 127 Å². The molecule has 1 saturated heterocycles. The first-order chi connectivity index (χ1) is 23.5. The van der Waals surface area contributed by atoms with Gasteiger partial charge in [0.25, 0.3) is 0 Å². The number of rotatable bonds is 11. The molecule has 2 aliphatic rings. The highest BCUT2D eigenvalue weighted by molar-refractivity contribution is 6.21. The summed E-state index contributed by atoms with van der Waals surface area (Å²) in [5, 5.41) is 15.9. The predicted octanol–water partition coefficient (Wildman–Crippen LogP) is 9.86. The Balaban J connectivity index is 1.21. The fourth-order valence-corrected chi connectivity index (χ4v) is 6.90. The number of aryl methyl sites for hydroxylation is 1. The third-order valence-corrected chi connectivity index (χ3v) is 9.67. The Kier molecular flexibility index (Phi) is 10.7. The maximum atomic E-state index is 8.51. The summed E-state index contributed by atoms with van der Waals surface area (Å²) in [7, 11) is 0. The number of anilines is 1. The first-order valence-electron chi connectivity index (χ1n) is 17.4. The van der Waals surface area contributed by atoms with E-state index in [-0.39, 0.29) is 11.9 Å². The number of nitrogens with two attached hydrogens (primary N) is 1. The van der Waals surface area contributed by atoms with E-state index in [1.54, 1.807) is 0 Å². The highest BCUT2D eigenvalue weighted by Crippen LogP contribution is 2.37. The van der Waals surface area contributed by atoms with Gasteiger partial charge in [-0.25, -0.2) is 0 Å². The molecular weight excluding hydrogens is 585 g/mol. The second kappa shape index (κ2) is 15.7. The van der Waals surface area contributed by atoms with Crippen LogP contribution in [0.1, 0.15) is 83.2 Å². The topological polar surface area (TPSA) is 73.9 Å². The fraction of sp³-hybridized carbons (Fsp3) is 0.250. The lowest BCUT2D eigenvalue weighted by Crippen LogP contribution is -2.19. The van der Waals surface area contributed by atoms with Crippen molar-refractivity contribution in [3.05, 3.63) is 171 Å². The molecule has 4 nitrogen and oxygen atoms in total. The van der Waals surface area contributed by atoms with Gasteiger partial charge < -0.3 is 16.4 Å². The van der Waals surface area contributed by atoms with Crippen molar-refractivity contribution >= 4 is 23.2 Å². The molecule has 4 heteroatoms. The van der Waals surface area contributed by atoms with Crippen LogP contribution in [0.4, 0.5) is 5.69 Å². The molecule has 0 amide bonds. The van der Waals surface area contributed by atoms with Gasteiger partial charge in [-0.3, -0.25) is 5.41 Å². The van der Waals surface area contributed by atoms with Gasteiger partial charge in [0.15, 0.2) is 0 Å². The fourth-order valence-electron chi connectivity index (χ4n) is 6.90. The molecule has 1 atom stereocenters. The number of hydrogen-bond acceptors (Lipinski definition) is 3. The van der Waals surface area contributed by atoms with E-state index in [9.17, 15) is 0 Å². The summed E-state index contributed by atoms with van der Waals surface area (Å²) < 4.78 is 0. The van der Waals surface area contributed by atoms with Crippen LogP contribution in [0.25, 0.3) is 11.6 Å². The average Bonchev–Trinajstić information content (AvgIpc) is 3.64. The third kappa shape index (κ3) is 8.06. The minimum atomic E-state index is 0.0944. The van der Waals surface area contributed by atoms with Crippen LogP contribution in [0.2, 0.25) is 0 Å². The minimum absolute atomic E-state index is 0.0944. The zero-order valence-electron chi connectivity index (χ0n) is 28.4. The van der Waals surface area contributed by atoms with Gasteiger partial charge in [0.05, 0.1) is 6.04 Å². The molecular formula is C44H48N4. The Morgan fingerprint density at radius 3 is 2.54 bits per heavy atom. The number of amidine groups is 1. The molecule has 2 aliphatic heterocycles. The first kappa shape index (κ1) is 32.8. The van der Waals surface area contributed by atoms with Gasteiger partial charge in [-0.15, -0.1) is 0 Å². The Morgan fingerprint density at radius 1 is 0.938 bits per heavy atom. The van der Waals surface area contributed by atoms with Crippen molar-refractivity contribution in [1.82, 2.24) is 5.32 Å².